The number of alkyl halides is 4. The second-order valence-electron chi connectivity index (χ2n) is 3.09. The molecule has 1 aromatic carbocycles. The number of rotatable bonds is 4. The highest BCUT2D eigenvalue weighted by Gasteiger charge is 2.31. The van der Waals surface area contributed by atoms with E-state index in [4.69, 9.17) is 23.2 Å². The van der Waals surface area contributed by atoms with Gasteiger partial charge in [0.2, 0.25) is 0 Å². The molecule has 0 bridgehead atoms. The summed E-state index contributed by atoms with van der Waals surface area (Å²) in [6, 6.07) is 4.02. The molecule has 0 N–H and O–H groups in total. The quantitative estimate of drug-likeness (QED) is 0.738. The molecule has 0 heterocycles. The highest BCUT2D eigenvalue weighted by atomic mass is 35.5. The molecule has 0 saturated heterocycles. The zero-order valence-corrected chi connectivity index (χ0v) is 9.66. The summed E-state index contributed by atoms with van der Waals surface area (Å²) >= 11 is 11.2. The van der Waals surface area contributed by atoms with Crippen LogP contribution in [0.1, 0.15) is 12.0 Å². The van der Waals surface area contributed by atoms with Crippen molar-refractivity contribution in [1.29, 1.82) is 0 Å². The summed E-state index contributed by atoms with van der Waals surface area (Å²) in [5.74, 6) is 0.153. The molecule has 0 saturated carbocycles. The van der Waals surface area contributed by atoms with E-state index in [1.807, 2.05) is 0 Å². The molecule has 90 valence electrons. The number of ether oxygens (including phenoxy) is 1. The molecule has 0 aliphatic rings. The Bertz CT molecular complexity index is 352. The van der Waals surface area contributed by atoms with E-state index in [1.165, 1.54) is 18.2 Å². The van der Waals surface area contributed by atoms with Gasteiger partial charge in [0.05, 0.1) is 0 Å². The van der Waals surface area contributed by atoms with Crippen LogP contribution in [0.3, 0.4) is 0 Å². The van der Waals surface area contributed by atoms with Crippen LogP contribution in [0, 0.1) is 0 Å². The van der Waals surface area contributed by atoms with Crippen LogP contribution >= 0.6 is 23.2 Å². The summed E-state index contributed by atoms with van der Waals surface area (Å²) in [6.45, 7) is 0. The van der Waals surface area contributed by atoms with Crippen LogP contribution in [-0.4, -0.2) is 12.2 Å². The van der Waals surface area contributed by atoms with E-state index in [1.54, 1.807) is 0 Å². The lowest BCUT2D eigenvalue weighted by Gasteiger charge is -2.13. The first kappa shape index (κ1) is 13.5. The molecule has 1 nitrogen and oxygen atoms in total. The topological polar surface area (TPSA) is 9.23 Å². The van der Waals surface area contributed by atoms with Crippen LogP contribution in [0.25, 0.3) is 0 Å². The van der Waals surface area contributed by atoms with Crippen molar-refractivity contribution in [3.63, 3.8) is 0 Å². The summed E-state index contributed by atoms with van der Waals surface area (Å²) in [4.78, 5) is 0. The second-order valence-corrected chi connectivity index (χ2v) is 3.91. The minimum absolute atomic E-state index is 0.220. The fourth-order valence-corrected chi connectivity index (χ4v) is 1.55. The lowest BCUT2D eigenvalue weighted by molar-refractivity contribution is -0.274. The second kappa shape index (κ2) is 5.64. The average Bonchev–Trinajstić information content (AvgIpc) is 2.16. The summed E-state index contributed by atoms with van der Waals surface area (Å²) in [7, 11) is 0. The summed E-state index contributed by atoms with van der Waals surface area (Å²) in [6.07, 6.45) is -3.73. The Morgan fingerprint density at radius 2 is 1.94 bits per heavy atom. The minimum Gasteiger partial charge on any atom is -0.406 e. The van der Waals surface area contributed by atoms with Gasteiger partial charge in [0.1, 0.15) is 5.75 Å². The first-order chi connectivity index (χ1) is 7.42. The van der Waals surface area contributed by atoms with Crippen molar-refractivity contribution in [2.24, 2.45) is 0 Å². The van der Waals surface area contributed by atoms with E-state index in [9.17, 15) is 13.2 Å². The van der Waals surface area contributed by atoms with Crippen LogP contribution in [0.2, 0.25) is 5.02 Å². The van der Waals surface area contributed by atoms with Gasteiger partial charge in [-0.3, -0.25) is 0 Å². The molecule has 0 atom stereocenters. The molecule has 1 rings (SSSR count). The van der Waals surface area contributed by atoms with E-state index >= 15 is 0 Å². The molecule has 0 aromatic heterocycles. The minimum atomic E-state index is -4.69. The molecule has 0 aliphatic carbocycles. The van der Waals surface area contributed by atoms with E-state index < -0.39 is 6.36 Å². The van der Waals surface area contributed by atoms with Crippen LogP contribution in [0.4, 0.5) is 13.2 Å². The van der Waals surface area contributed by atoms with Gasteiger partial charge >= 0.3 is 6.36 Å². The molecule has 1 aromatic rings. The van der Waals surface area contributed by atoms with E-state index in [2.05, 4.69) is 4.74 Å². The molecule has 0 spiro atoms. The van der Waals surface area contributed by atoms with Gasteiger partial charge in [-0.1, -0.05) is 11.6 Å². The third-order valence-corrected chi connectivity index (χ3v) is 2.33. The zero-order chi connectivity index (χ0) is 12.2. The molecule has 0 radical (unpaired) electrons. The largest absolute Gasteiger partial charge is 0.573 e. The first-order valence-electron chi connectivity index (χ1n) is 4.52. The highest BCUT2D eigenvalue weighted by Crippen LogP contribution is 2.29. The molecule has 16 heavy (non-hydrogen) atoms. The van der Waals surface area contributed by atoms with Crippen LogP contribution in [0.15, 0.2) is 18.2 Å². The van der Waals surface area contributed by atoms with Crippen molar-refractivity contribution in [2.45, 2.75) is 19.2 Å². The van der Waals surface area contributed by atoms with Gasteiger partial charge < -0.3 is 4.74 Å². The highest BCUT2D eigenvalue weighted by molar-refractivity contribution is 6.30. The SMILES string of the molecule is FC(F)(F)Oc1ccc(Cl)cc1CCCCl. The third kappa shape index (κ3) is 4.49. The van der Waals surface area contributed by atoms with Gasteiger partial charge in [-0.15, -0.1) is 24.8 Å². The van der Waals surface area contributed by atoms with Crippen molar-refractivity contribution in [3.8, 4) is 5.75 Å². The third-order valence-electron chi connectivity index (χ3n) is 1.83. The van der Waals surface area contributed by atoms with Gasteiger partial charge in [0, 0.05) is 10.9 Å². The van der Waals surface area contributed by atoms with Gasteiger partial charge in [0.15, 0.2) is 0 Å². The molecule has 0 aliphatic heterocycles. The Kier molecular flexibility index (Phi) is 4.74. The van der Waals surface area contributed by atoms with Gasteiger partial charge in [-0.05, 0) is 36.6 Å². The zero-order valence-electron chi connectivity index (χ0n) is 8.15. The van der Waals surface area contributed by atoms with Gasteiger partial charge in [-0.2, -0.15) is 0 Å². The molecule has 0 amide bonds. The number of hydrogen-bond acceptors (Lipinski definition) is 1. The Morgan fingerprint density at radius 1 is 1.25 bits per heavy atom. The Hall–Kier alpha value is -0.610. The molecule has 0 fully saturated rings. The Balaban J connectivity index is 2.89. The maximum absolute atomic E-state index is 12.1. The van der Waals surface area contributed by atoms with E-state index in [-0.39, 0.29) is 5.75 Å². The summed E-state index contributed by atoms with van der Waals surface area (Å²) in [5.41, 5.74) is 0.408. The molecule has 6 heteroatoms. The predicted octanol–water partition coefficient (Wildman–Crippen LogP) is 4.41. The smallest absolute Gasteiger partial charge is 0.406 e. The average molecular weight is 273 g/mol. The molecular weight excluding hydrogens is 264 g/mol. The van der Waals surface area contributed by atoms with Gasteiger partial charge in [-0.25, -0.2) is 0 Å². The van der Waals surface area contributed by atoms with Crippen molar-refractivity contribution < 1.29 is 17.9 Å². The maximum Gasteiger partial charge on any atom is 0.573 e. The summed E-state index contributed by atoms with van der Waals surface area (Å²) < 4.78 is 40.1. The Labute approximate surface area is 101 Å². The van der Waals surface area contributed by atoms with Crippen molar-refractivity contribution in [2.75, 3.05) is 5.88 Å². The lowest BCUT2D eigenvalue weighted by Crippen LogP contribution is -2.18. The Morgan fingerprint density at radius 3 is 2.50 bits per heavy atom. The standard InChI is InChI=1S/C10H9Cl2F3O/c11-5-1-2-7-6-8(12)3-4-9(7)16-10(13,14)15/h3-4,6H,1-2,5H2. The molecule has 0 unspecified atom stereocenters. The monoisotopic (exact) mass is 272 g/mol. The lowest BCUT2D eigenvalue weighted by atomic mass is 10.1. The van der Waals surface area contributed by atoms with Crippen molar-refractivity contribution in [3.05, 3.63) is 28.8 Å². The predicted molar refractivity (Wildman–Crippen MR) is 57.2 cm³/mol. The van der Waals surface area contributed by atoms with Gasteiger partial charge in [0.25, 0.3) is 0 Å². The van der Waals surface area contributed by atoms with E-state index in [0.717, 1.165) is 0 Å². The van der Waals surface area contributed by atoms with E-state index in [0.29, 0.717) is 29.3 Å². The normalized spacial score (nSPS) is 11.6. The number of aryl methyl sites for hydroxylation is 1. The molecular formula is C10H9Cl2F3O. The van der Waals surface area contributed by atoms with Crippen LogP contribution in [-0.2, 0) is 6.42 Å². The number of hydrogen-bond donors (Lipinski definition) is 0. The maximum atomic E-state index is 12.1. The van der Waals surface area contributed by atoms with Crippen LogP contribution < -0.4 is 4.74 Å². The fourth-order valence-electron chi connectivity index (χ4n) is 1.22. The first-order valence-corrected chi connectivity index (χ1v) is 5.44. The summed E-state index contributed by atoms with van der Waals surface area (Å²) in [5, 5.41) is 0.374. The van der Waals surface area contributed by atoms with Crippen molar-refractivity contribution in [1.82, 2.24) is 0 Å². The number of halogens is 5. The van der Waals surface area contributed by atoms with Crippen LogP contribution in [0.5, 0.6) is 5.75 Å². The number of benzene rings is 1. The van der Waals surface area contributed by atoms with Crippen molar-refractivity contribution >= 4 is 23.2 Å². The fraction of sp³-hybridized carbons (Fsp3) is 0.400.